The predicted molar refractivity (Wildman–Crippen MR) is 310 cm³/mol. The first-order chi connectivity index (χ1) is 39.0. The zero-order valence-electron chi connectivity index (χ0n) is 49.3. The van der Waals surface area contributed by atoms with Crippen molar-refractivity contribution in [3.8, 4) is 0 Å². The predicted octanol–water partition coefficient (Wildman–Crippen LogP) is 1.23. The van der Waals surface area contributed by atoms with E-state index in [2.05, 4.69) is 42.5 Å². The molecule has 0 aromatic heterocycles. The number of amides is 10. The largest absolute Gasteiger partial charge is 0.343 e. The van der Waals surface area contributed by atoms with E-state index in [-0.39, 0.29) is 89.4 Å². The van der Waals surface area contributed by atoms with Gasteiger partial charge in [-0.15, -0.1) is 0 Å². The topological polar surface area (TPSA) is 325 Å². The van der Waals surface area contributed by atoms with E-state index in [0.29, 0.717) is 36.8 Å². The number of hydrogen-bond donors (Lipinski definition) is 10. The van der Waals surface area contributed by atoms with Crippen molar-refractivity contribution < 1.29 is 47.9 Å². The molecule has 0 aliphatic carbocycles. The fourth-order valence-electron chi connectivity index (χ4n) is 10.9. The molecule has 3 aliphatic rings. The van der Waals surface area contributed by atoms with Gasteiger partial charge in [-0.2, -0.15) is 0 Å². The molecular weight excluding hydrogens is 1050 g/mol. The molecule has 0 bridgehead atoms. The molecule has 0 spiro atoms. The SMILES string of the molecule is CC(C)C[C@@H]1NC(=O)[C@H](CCCN)NC(=O)[C@H](C(C)C)NC(=O)[C@H](Cc2ccccc2)NC(=O)[C@H]2CCCN2C(=O)[C@H](CC(C)C)NC(=O)[C@H](CCCN)NC(=O)[C@H](C(C)C)NC(=O)[C@H](Cc2ccccc2)NC(=O)[C@H]2CCCN2C1=O. The molecule has 10 amide bonds. The standard InChI is InChI=1S/C60H92N12O10/c1-35(2)31-45-59(81)71-29-17-25-47(71)55(77)65-43(33-39-19-11-9-12-20-39)53(75)70-50(38(7)8)58(80)64-42(24-16-28-62)52(74)68-46(32-36(3)4)60(82)72-30-18-26-48(72)56(78)66-44(34-40-21-13-10-14-22-40)54(76)69-49(37(5)6)57(79)63-41(23-15-27-61)51(73)67-45/h9-14,19-22,35-38,41-50H,15-18,23-34,61-62H2,1-8H3,(H,63,79)(H,64,80)(H,65,77)(H,66,78)(H,67,73)(H,68,74)(H,69,76)(H,70,75)/t41-,42-,43-,44-,45-,46-,47+,48+,49-,50-/m0/s1. The number of carbonyl (C=O) groups excluding carboxylic acids is 10. The molecule has 22 nitrogen and oxygen atoms in total. The van der Waals surface area contributed by atoms with Crippen LogP contribution in [0.4, 0.5) is 0 Å². The van der Waals surface area contributed by atoms with Crippen LogP contribution in [0.2, 0.25) is 0 Å². The quantitative estimate of drug-likeness (QED) is 0.114. The molecule has 452 valence electrons. The van der Waals surface area contributed by atoms with E-state index in [0.717, 1.165) is 0 Å². The molecule has 0 unspecified atom stereocenters. The third kappa shape index (κ3) is 19.1. The van der Waals surface area contributed by atoms with Gasteiger partial charge in [0.1, 0.15) is 60.4 Å². The monoisotopic (exact) mass is 1140 g/mol. The molecule has 12 N–H and O–H groups in total. The Bertz CT molecular complexity index is 2330. The fourth-order valence-corrected chi connectivity index (χ4v) is 10.9. The summed E-state index contributed by atoms with van der Waals surface area (Å²) in [7, 11) is 0. The average molecular weight is 1140 g/mol. The van der Waals surface area contributed by atoms with Gasteiger partial charge in [-0.25, -0.2) is 0 Å². The van der Waals surface area contributed by atoms with Crippen molar-refractivity contribution in [1.82, 2.24) is 52.3 Å². The zero-order valence-corrected chi connectivity index (χ0v) is 49.3. The first-order valence-electron chi connectivity index (χ1n) is 29.5. The minimum Gasteiger partial charge on any atom is -0.343 e. The maximum Gasteiger partial charge on any atom is 0.245 e. The number of benzene rings is 2. The summed E-state index contributed by atoms with van der Waals surface area (Å²) in [5.74, 6) is -7.76. The van der Waals surface area contributed by atoms with Crippen molar-refractivity contribution in [2.24, 2.45) is 35.1 Å². The third-order valence-corrected chi connectivity index (χ3v) is 15.3. The lowest BCUT2D eigenvalue weighted by Gasteiger charge is -2.33. The van der Waals surface area contributed by atoms with E-state index in [1.54, 1.807) is 76.2 Å². The second-order valence-corrected chi connectivity index (χ2v) is 23.7. The number of fused-ring (bicyclic) bond motifs is 2. The van der Waals surface area contributed by atoms with Crippen LogP contribution in [-0.4, -0.2) is 155 Å². The van der Waals surface area contributed by atoms with E-state index in [9.17, 15) is 47.9 Å². The van der Waals surface area contributed by atoms with E-state index < -0.39 is 131 Å². The van der Waals surface area contributed by atoms with Crippen LogP contribution in [0.5, 0.6) is 0 Å². The van der Waals surface area contributed by atoms with Crippen molar-refractivity contribution in [3.63, 3.8) is 0 Å². The third-order valence-electron chi connectivity index (χ3n) is 15.3. The first kappa shape index (κ1) is 65.9. The number of rotatable bonds is 16. The summed E-state index contributed by atoms with van der Waals surface area (Å²) in [5, 5.41) is 22.9. The van der Waals surface area contributed by atoms with Gasteiger partial charge >= 0.3 is 0 Å². The summed E-state index contributed by atoms with van der Waals surface area (Å²) in [6, 6.07) is 6.20. The van der Waals surface area contributed by atoms with Gasteiger partial charge in [-0.05, 0) is 112 Å². The molecule has 3 saturated heterocycles. The Labute approximate surface area is 483 Å². The number of nitrogens with two attached hydrogens (primary N) is 2. The highest BCUT2D eigenvalue weighted by atomic mass is 16.2. The van der Waals surface area contributed by atoms with Crippen LogP contribution in [-0.2, 0) is 60.8 Å². The maximum atomic E-state index is 14.8. The van der Waals surface area contributed by atoms with Gasteiger partial charge in [0.25, 0.3) is 0 Å². The number of nitrogens with zero attached hydrogens (tertiary/aromatic N) is 2. The van der Waals surface area contributed by atoms with E-state index in [4.69, 9.17) is 11.5 Å². The van der Waals surface area contributed by atoms with Crippen molar-refractivity contribution >= 4 is 59.1 Å². The van der Waals surface area contributed by atoms with Gasteiger partial charge in [0.2, 0.25) is 59.1 Å². The van der Waals surface area contributed by atoms with Crippen LogP contribution in [0.15, 0.2) is 60.7 Å². The van der Waals surface area contributed by atoms with Crippen LogP contribution < -0.4 is 54.0 Å². The first-order valence-corrected chi connectivity index (χ1v) is 29.5. The maximum absolute atomic E-state index is 14.8. The fraction of sp³-hybridized carbons (Fsp3) is 0.633. The minimum absolute atomic E-state index is 0.00933. The van der Waals surface area contributed by atoms with Gasteiger partial charge in [0.15, 0.2) is 0 Å². The zero-order chi connectivity index (χ0) is 60.2. The summed E-state index contributed by atoms with van der Waals surface area (Å²) in [5.41, 5.74) is 13.3. The van der Waals surface area contributed by atoms with E-state index >= 15 is 0 Å². The number of hydrogen-bond acceptors (Lipinski definition) is 12. The molecule has 22 heteroatoms. The van der Waals surface area contributed by atoms with Crippen molar-refractivity contribution in [2.45, 2.75) is 193 Å². The minimum atomic E-state index is -1.25. The lowest BCUT2D eigenvalue weighted by Crippen LogP contribution is -2.62. The molecule has 0 saturated carbocycles. The Morgan fingerprint density at radius 2 is 0.732 bits per heavy atom. The molecule has 82 heavy (non-hydrogen) atoms. The average Bonchev–Trinajstić information content (AvgIpc) is 4.17. The van der Waals surface area contributed by atoms with Gasteiger partial charge in [-0.1, -0.05) is 116 Å². The van der Waals surface area contributed by atoms with Crippen molar-refractivity contribution in [2.75, 3.05) is 26.2 Å². The lowest BCUT2D eigenvalue weighted by atomic mass is 9.98. The molecule has 10 atom stereocenters. The van der Waals surface area contributed by atoms with Gasteiger partial charge < -0.3 is 63.8 Å². The number of carbonyl (C=O) groups is 10. The second kappa shape index (κ2) is 32.0. The summed E-state index contributed by atoms with van der Waals surface area (Å²) >= 11 is 0. The summed E-state index contributed by atoms with van der Waals surface area (Å²) < 4.78 is 0. The Kier molecular flexibility index (Phi) is 25.7. The molecule has 3 heterocycles. The van der Waals surface area contributed by atoms with Crippen LogP contribution in [0.3, 0.4) is 0 Å². The molecular formula is C60H92N12O10. The summed E-state index contributed by atoms with van der Waals surface area (Å²) in [4.78, 5) is 149. The summed E-state index contributed by atoms with van der Waals surface area (Å²) in [6.07, 6.45) is 2.50. The Balaban J connectivity index is 1.58. The molecule has 3 aliphatic heterocycles. The van der Waals surface area contributed by atoms with Crippen molar-refractivity contribution in [3.05, 3.63) is 71.8 Å². The van der Waals surface area contributed by atoms with Gasteiger partial charge in [-0.3, -0.25) is 47.9 Å². The molecule has 5 rings (SSSR count). The summed E-state index contributed by atoms with van der Waals surface area (Å²) in [6.45, 7) is 15.1. The normalized spacial score (nSPS) is 26.6. The van der Waals surface area contributed by atoms with Crippen LogP contribution in [0.25, 0.3) is 0 Å². The Morgan fingerprint density at radius 1 is 0.415 bits per heavy atom. The van der Waals surface area contributed by atoms with E-state index in [1.807, 2.05) is 39.8 Å². The van der Waals surface area contributed by atoms with Crippen LogP contribution in [0.1, 0.15) is 131 Å². The van der Waals surface area contributed by atoms with Crippen LogP contribution >= 0.6 is 0 Å². The van der Waals surface area contributed by atoms with Crippen LogP contribution in [0, 0.1) is 23.7 Å². The van der Waals surface area contributed by atoms with Gasteiger partial charge in [0.05, 0.1) is 0 Å². The molecule has 0 radical (unpaired) electrons. The smallest absolute Gasteiger partial charge is 0.245 e. The van der Waals surface area contributed by atoms with Gasteiger partial charge in [0, 0.05) is 25.9 Å². The highest BCUT2D eigenvalue weighted by molar-refractivity contribution is 6.00. The second-order valence-electron chi connectivity index (χ2n) is 23.7. The molecule has 2 aromatic carbocycles. The number of nitrogens with one attached hydrogen (secondary N) is 8. The van der Waals surface area contributed by atoms with E-state index in [1.165, 1.54) is 9.80 Å². The van der Waals surface area contributed by atoms with Crippen molar-refractivity contribution in [1.29, 1.82) is 0 Å². The Hall–Kier alpha value is -6.94. The Morgan fingerprint density at radius 3 is 1.05 bits per heavy atom. The molecule has 2 aromatic rings. The highest BCUT2D eigenvalue weighted by Gasteiger charge is 2.43. The lowest BCUT2D eigenvalue weighted by molar-refractivity contribution is -0.143. The molecule has 3 fully saturated rings. The highest BCUT2D eigenvalue weighted by Crippen LogP contribution is 2.24.